The van der Waals surface area contributed by atoms with E-state index < -0.39 is 37.4 Å². The van der Waals surface area contributed by atoms with Crippen molar-refractivity contribution in [3.63, 3.8) is 0 Å². The van der Waals surface area contributed by atoms with Gasteiger partial charge in [0.25, 0.3) is 0 Å². The third-order valence-electron chi connectivity index (χ3n) is 5.59. The molecule has 1 N–H and O–H groups in total. The van der Waals surface area contributed by atoms with Crippen LogP contribution in [0.1, 0.15) is 39.4 Å². The lowest BCUT2D eigenvalue weighted by Crippen LogP contribution is -2.45. The molecule has 36 heavy (non-hydrogen) atoms. The molecule has 1 aromatic carbocycles. The number of anilines is 1. The second-order valence-corrected chi connectivity index (χ2v) is 16.5. The molecule has 0 aliphatic heterocycles. The lowest BCUT2D eigenvalue weighted by Gasteiger charge is -2.34. The molecule has 0 fully saturated rings. The van der Waals surface area contributed by atoms with E-state index in [1.54, 1.807) is 37.7 Å². The quantitative estimate of drug-likeness (QED) is 0.258. The summed E-state index contributed by atoms with van der Waals surface area (Å²) in [6.07, 6.45) is 0.679. The summed E-state index contributed by atoms with van der Waals surface area (Å²) in [5.74, 6) is -1.53. The molecular weight excluding hydrogens is 486 g/mol. The minimum absolute atomic E-state index is 0.245. The Morgan fingerprint density at radius 3 is 2.53 bits per heavy atom. The number of pyridine rings is 1. The summed E-state index contributed by atoms with van der Waals surface area (Å²) in [7, 11) is -1.19. The Kier molecular flexibility index (Phi) is 8.04. The van der Waals surface area contributed by atoms with E-state index in [1.807, 2.05) is 0 Å². The minimum atomic E-state index is -1.34. The number of rotatable bonds is 9. The maximum Gasteiger partial charge on any atom is 0.412 e. The van der Waals surface area contributed by atoms with Crippen molar-refractivity contribution in [2.45, 2.75) is 71.8 Å². The fraction of sp³-hybridized carbons (Fsp3) is 0.480. The molecule has 8 nitrogen and oxygen atoms in total. The van der Waals surface area contributed by atoms with Crippen LogP contribution < -0.4 is 9.64 Å². The molecular formula is C25H34F2N4O4Si. The summed E-state index contributed by atoms with van der Waals surface area (Å²) >= 11 is 0. The highest BCUT2D eigenvalue weighted by Crippen LogP contribution is 2.34. The van der Waals surface area contributed by atoms with E-state index in [1.165, 1.54) is 13.1 Å². The van der Waals surface area contributed by atoms with Crippen LogP contribution >= 0.6 is 0 Å². The van der Waals surface area contributed by atoms with E-state index >= 15 is 4.39 Å². The van der Waals surface area contributed by atoms with Crippen molar-refractivity contribution in [1.29, 1.82) is 0 Å². The van der Waals surface area contributed by atoms with Gasteiger partial charge in [0.15, 0.2) is 11.5 Å². The summed E-state index contributed by atoms with van der Waals surface area (Å²) in [4.78, 5) is 17.1. The number of ether oxygens (including phenoxy) is 2. The van der Waals surface area contributed by atoms with Gasteiger partial charge in [0.05, 0.1) is 23.6 Å². The van der Waals surface area contributed by atoms with Gasteiger partial charge in [0.1, 0.15) is 24.4 Å². The molecule has 0 spiro atoms. The Balaban J connectivity index is 1.80. The average molecular weight is 521 g/mol. The van der Waals surface area contributed by atoms with Crippen molar-refractivity contribution in [2.75, 3.05) is 11.5 Å². The van der Waals surface area contributed by atoms with E-state index in [0.717, 1.165) is 23.1 Å². The predicted molar refractivity (Wildman–Crippen MR) is 137 cm³/mol. The van der Waals surface area contributed by atoms with Crippen molar-refractivity contribution in [1.82, 2.24) is 14.8 Å². The molecule has 0 aliphatic rings. The van der Waals surface area contributed by atoms with Crippen LogP contribution in [0.3, 0.4) is 0 Å². The van der Waals surface area contributed by atoms with Gasteiger partial charge in [-0.15, -0.1) is 0 Å². The number of benzene rings is 1. The first-order valence-corrected chi connectivity index (χ1v) is 15.5. The van der Waals surface area contributed by atoms with Crippen LogP contribution in [0.25, 0.3) is 11.0 Å². The van der Waals surface area contributed by atoms with Crippen LogP contribution in [0.5, 0.6) is 5.75 Å². The van der Waals surface area contributed by atoms with Crippen LogP contribution in [-0.4, -0.2) is 46.2 Å². The average Bonchev–Trinajstić information content (AvgIpc) is 3.13. The number of halogens is 2. The van der Waals surface area contributed by atoms with Crippen molar-refractivity contribution >= 4 is 30.9 Å². The van der Waals surface area contributed by atoms with Crippen LogP contribution in [0.15, 0.2) is 30.6 Å². The number of aromatic nitrogens is 3. The first-order chi connectivity index (χ1) is 16.7. The Morgan fingerprint density at radius 2 is 1.92 bits per heavy atom. The van der Waals surface area contributed by atoms with Crippen LogP contribution in [0, 0.1) is 11.6 Å². The van der Waals surface area contributed by atoms with E-state index in [4.69, 9.17) is 9.47 Å². The number of carboxylic acid groups (broad SMARTS) is 1. The number of hydrogen-bond acceptors (Lipinski definition) is 5. The smallest absolute Gasteiger partial charge is 0.412 e. The zero-order valence-corrected chi connectivity index (χ0v) is 22.8. The Hall–Kier alpha value is -3.05. The Labute approximate surface area is 210 Å². The Morgan fingerprint density at radius 1 is 1.22 bits per heavy atom. The topological polar surface area (TPSA) is 89.7 Å². The molecule has 0 bridgehead atoms. The monoisotopic (exact) mass is 520 g/mol. The lowest BCUT2D eigenvalue weighted by molar-refractivity contribution is 0.0812. The number of hydrogen-bond donors (Lipinski definition) is 1. The third-order valence-corrected chi connectivity index (χ3v) is 7.29. The molecule has 0 saturated carbocycles. The minimum Gasteiger partial charge on any atom is -0.484 e. The molecule has 2 aromatic heterocycles. The summed E-state index contributed by atoms with van der Waals surface area (Å²) in [6.45, 7) is 14.1. The molecule has 1 unspecified atom stereocenters. The van der Waals surface area contributed by atoms with Crippen molar-refractivity contribution in [3.05, 3.63) is 47.8 Å². The van der Waals surface area contributed by atoms with E-state index in [9.17, 15) is 14.3 Å². The van der Waals surface area contributed by atoms with Crippen LogP contribution in [-0.2, 0) is 11.5 Å². The molecule has 1 atom stereocenters. The van der Waals surface area contributed by atoms with Gasteiger partial charge >= 0.3 is 6.09 Å². The molecule has 2 heterocycles. The fourth-order valence-electron chi connectivity index (χ4n) is 3.76. The SMILES string of the molecule is CC(Oc1cnc2c(cnn2COCC[Si](C)(C)C)c1)c1c(F)ccc(N(C(=O)O)C(C)(C)C)c1F. The molecule has 11 heteroatoms. The first-order valence-electron chi connectivity index (χ1n) is 11.8. The standard InChI is InChI=1S/C25H34F2N4O4Si/c1-16(21-19(26)8-9-20(22(21)27)31(24(32)33)25(2,3)4)35-18-12-17-13-29-30(23(17)28-14-18)15-34-10-11-36(5,6)7/h8-9,12-14,16H,10-11,15H2,1-7H3,(H,32,33). The molecule has 3 rings (SSSR count). The molecule has 196 valence electrons. The summed E-state index contributed by atoms with van der Waals surface area (Å²) in [5, 5.41) is 14.6. The molecule has 0 saturated heterocycles. The lowest BCUT2D eigenvalue weighted by atomic mass is 10.0. The molecule has 3 aromatic rings. The van der Waals surface area contributed by atoms with E-state index in [0.29, 0.717) is 23.4 Å². The van der Waals surface area contributed by atoms with Crippen LogP contribution in [0.2, 0.25) is 25.7 Å². The fourth-order valence-corrected chi connectivity index (χ4v) is 4.51. The normalized spacial score (nSPS) is 13.1. The number of amides is 1. The van der Waals surface area contributed by atoms with Gasteiger partial charge < -0.3 is 14.6 Å². The van der Waals surface area contributed by atoms with Gasteiger partial charge in [-0.3, -0.25) is 4.90 Å². The van der Waals surface area contributed by atoms with Gasteiger partial charge in [-0.2, -0.15) is 5.10 Å². The van der Waals surface area contributed by atoms with E-state index in [2.05, 4.69) is 29.7 Å². The second-order valence-electron chi connectivity index (χ2n) is 10.9. The van der Waals surface area contributed by atoms with Crippen molar-refractivity contribution in [2.24, 2.45) is 0 Å². The zero-order chi connectivity index (χ0) is 26.8. The number of fused-ring (bicyclic) bond motifs is 1. The van der Waals surface area contributed by atoms with Crippen molar-refractivity contribution in [3.8, 4) is 5.75 Å². The summed E-state index contributed by atoms with van der Waals surface area (Å²) in [5.41, 5.74) is -0.954. The summed E-state index contributed by atoms with van der Waals surface area (Å²) < 4.78 is 43.3. The van der Waals surface area contributed by atoms with Crippen molar-refractivity contribution < 1.29 is 28.2 Å². The zero-order valence-electron chi connectivity index (χ0n) is 21.8. The molecule has 0 radical (unpaired) electrons. The highest BCUT2D eigenvalue weighted by molar-refractivity contribution is 6.76. The van der Waals surface area contributed by atoms with E-state index in [-0.39, 0.29) is 18.0 Å². The predicted octanol–water partition coefficient (Wildman–Crippen LogP) is 6.44. The van der Waals surface area contributed by atoms with Crippen LogP contribution in [0.4, 0.5) is 19.3 Å². The first kappa shape index (κ1) is 27.5. The van der Waals surface area contributed by atoms with Gasteiger partial charge in [-0.1, -0.05) is 19.6 Å². The number of carbonyl (C=O) groups is 1. The second kappa shape index (κ2) is 10.5. The molecule has 0 aliphatic carbocycles. The number of nitrogens with zero attached hydrogens (tertiary/aromatic N) is 4. The maximum atomic E-state index is 15.4. The van der Waals surface area contributed by atoms with Gasteiger partial charge in [-0.05, 0) is 51.9 Å². The maximum absolute atomic E-state index is 15.4. The van der Waals surface area contributed by atoms with Gasteiger partial charge in [0, 0.05) is 25.6 Å². The highest BCUT2D eigenvalue weighted by Gasteiger charge is 2.33. The molecule has 1 amide bonds. The third kappa shape index (κ3) is 6.38. The van der Waals surface area contributed by atoms with Gasteiger partial charge in [-0.25, -0.2) is 23.2 Å². The van der Waals surface area contributed by atoms with Gasteiger partial charge in [0.2, 0.25) is 0 Å². The Bertz CT molecular complexity index is 1240. The summed E-state index contributed by atoms with van der Waals surface area (Å²) in [6, 6.07) is 4.89. The highest BCUT2D eigenvalue weighted by atomic mass is 28.3. The largest absolute Gasteiger partial charge is 0.484 e.